The van der Waals surface area contributed by atoms with Crippen LogP contribution < -0.4 is 0 Å². The van der Waals surface area contributed by atoms with Crippen molar-refractivity contribution in [1.29, 1.82) is 0 Å². The Morgan fingerprint density at radius 2 is 1.82 bits per heavy atom. The Morgan fingerprint density at radius 1 is 1.36 bits per heavy atom. The molecule has 1 nitrogen and oxygen atoms in total. The van der Waals surface area contributed by atoms with Gasteiger partial charge in [0.25, 0.3) is 0 Å². The van der Waals surface area contributed by atoms with Gasteiger partial charge >= 0.3 is 0 Å². The van der Waals surface area contributed by atoms with Crippen molar-refractivity contribution in [3.05, 3.63) is 0 Å². The second kappa shape index (κ2) is 5.59. The molecule has 0 aromatic rings. The zero-order valence-electron chi connectivity index (χ0n) is 8.72. The second-order valence-corrected chi connectivity index (χ2v) is 3.33. The highest BCUT2D eigenvalue weighted by Crippen LogP contribution is 2.37. The van der Waals surface area contributed by atoms with Gasteiger partial charge in [0.2, 0.25) is 0 Å². The van der Waals surface area contributed by atoms with E-state index in [1.807, 2.05) is 13.8 Å². The number of nitrogens with zero attached hydrogens (tertiary/aromatic N) is 1. The molecule has 1 saturated carbocycles. The molecule has 2 atom stereocenters. The lowest BCUT2D eigenvalue weighted by molar-refractivity contribution is 0.331. The van der Waals surface area contributed by atoms with Crippen molar-refractivity contribution >= 4 is 0 Å². The number of hydrogen-bond donors (Lipinski definition) is 0. The predicted molar refractivity (Wildman–Crippen MR) is 51.8 cm³/mol. The minimum atomic E-state index is 1.01. The summed E-state index contributed by atoms with van der Waals surface area (Å²) in [5, 5.41) is 0. The highest BCUT2D eigenvalue weighted by molar-refractivity contribution is 4.84. The minimum Gasteiger partial charge on any atom is -0.306 e. The van der Waals surface area contributed by atoms with Gasteiger partial charge in [0.1, 0.15) is 0 Å². The van der Waals surface area contributed by atoms with Crippen molar-refractivity contribution in [3.63, 3.8) is 0 Å². The highest BCUT2D eigenvalue weighted by atomic mass is 15.1. The van der Waals surface area contributed by atoms with E-state index in [0.29, 0.717) is 0 Å². The van der Waals surface area contributed by atoms with Crippen molar-refractivity contribution in [2.24, 2.45) is 11.8 Å². The average Bonchev–Trinajstić information content (AvgIpc) is 2.70. The first-order chi connectivity index (χ1) is 5.24. The summed E-state index contributed by atoms with van der Waals surface area (Å²) in [6.45, 7) is 11.1. The first kappa shape index (κ1) is 11.0. The van der Waals surface area contributed by atoms with E-state index in [1.54, 1.807) is 0 Å². The van der Waals surface area contributed by atoms with Gasteiger partial charge in [0.05, 0.1) is 0 Å². The van der Waals surface area contributed by atoms with E-state index in [-0.39, 0.29) is 0 Å². The molecule has 1 aliphatic carbocycles. The zero-order chi connectivity index (χ0) is 8.85. The molecule has 68 valence electrons. The summed E-state index contributed by atoms with van der Waals surface area (Å²) in [6.07, 6.45) is 1.46. The molecule has 0 aromatic carbocycles. The van der Waals surface area contributed by atoms with Crippen LogP contribution in [0.4, 0.5) is 0 Å². The Labute approximate surface area is 71.8 Å². The number of rotatable bonds is 3. The highest BCUT2D eigenvalue weighted by Gasteiger charge is 2.32. The molecular formula is C10H23N. The Kier molecular flexibility index (Phi) is 5.57. The molecular weight excluding hydrogens is 134 g/mol. The van der Waals surface area contributed by atoms with Crippen LogP contribution >= 0.6 is 0 Å². The quantitative estimate of drug-likeness (QED) is 0.608. The van der Waals surface area contributed by atoms with Gasteiger partial charge in [0.15, 0.2) is 0 Å². The first-order valence-corrected chi connectivity index (χ1v) is 4.92. The Hall–Kier alpha value is -0.0400. The summed E-state index contributed by atoms with van der Waals surface area (Å²) in [7, 11) is 2.20. The van der Waals surface area contributed by atoms with Gasteiger partial charge in [-0.25, -0.2) is 0 Å². The molecule has 0 amide bonds. The molecule has 1 rings (SSSR count). The fourth-order valence-electron chi connectivity index (χ4n) is 1.18. The third-order valence-corrected chi connectivity index (χ3v) is 2.36. The predicted octanol–water partition coefficient (Wildman–Crippen LogP) is 2.62. The molecule has 2 unspecified atom stereocenters. The topological polar surface area (TPSA) is 3.24 Å². The zero-order valence-corrected chi connectivity index (χ0v) is 8.72. The van der Waals surface area contributed by atoms with E-state index in [0.717, 1.165) is 11.8 Å². The van der Waals surface area contributed by atoms with E-state index < -0.39 is 0 Å². The summed E-state index contributed by atoms with van der Waals surface area (Å²) < 4.78 is 0. The van der Waals surface area contributed by atoms with Crippen molar-refractivity contribution < 1.29 is 0 Å². The summed E-state index contributed by atoms with van der Waals surface area (Å²) in [6, 6.07) is 0. The second-order valence-electron chi connectivity index (χ2n) is 3.33. The molecule has 0 heterocycles. The van der Waals surface area contributed by atoms with Gasteiger partial charge in [-0.05, 0) is 31.8 Å². The van der Waals surface area contributed by atoms with Crippen molar-refractivity contribution in [3.8, 4) is 0 Å². The van der Waals surface area contributed by atoms with E-state index >= 15 is 0 Å². The first-order valence-electron chi connectivity index (χ1n) is 4.92. The lowest BCUT2D eigenvalue weighted by atomic mass is 10.3. The standard InChI is InChI=1S/C8H17N.C2H6/c1-4-9(3)6-8-5-7(8)2;1-2/h7-8H,4-6H2,1-3H3;1-2H3. The van der Waals surface area contributed by atoms with Gasteiger partial charge in [-0.1, -0.05) is 27.7 Å². The molecule has 0 aliphatic heterocycles. The molecule has 0 radical (unpaired) electrons. The van der Waals surface area contributed by atoms with Crippen LogP contribution in [-0.2, 0) is 0 Å². The largest absolute Gasteiger partial charge is 0.306 e. The maximum atomic E-state index is 2.40. The monoisotopic (exact) mass is 157 g/mol. The smallest absolute Gasteiger partial charge is 0.000914 e. The van der Waals surface area contributed by atoms with Gasteiger partial charge in [0, 0.05) is 6.54 Å². The van der Waals surface area contributed by atoms with Gasteiger partial charge in [-0.3, -0.25) is 0 Å². The van der Waals surface area contributed by atoms with Gasteiger partial charge in [-0.2, -0.15) is 0 Å². The van der Waals surface area contributed by atoms with Crippen LogP contribution in [0.2, 0.25) is 0 Å². The fourth-order valence-corrected chi connectivity index (χ4v) is 1.18. The number of hydrogen-bond acceptors (Lipinski definition) is 1. The Bertz CT molecular complexity index is 88.9. The van der Waals surface area contributed by atoms with Crippen LogP contribution in [0.25, 0.3) is 0 Å². The maximum Gasteiger partial charge on any atom is 0.000914 e. The van der Waals surface area contributed by atoms with Crippen LogP contribution in [0.1, 0.15) is 34.1 Å². The third-order valence-electron chi connectivity index (χ3n) is 2.36. The molecule has 0 aromatic heterocycles. The minimum absolute atomic E-state index is 1.01. The average molecular weight is 157 g/mol. The van der Waals surface area contributed by atoms with E-state index in [4.69, 9.17) is 0 Å². The van der Waals surface area contributed by atoms with Crippen LogP contribution in [0.15, 0.2) is 0 Å². The molecule has 1 fully saturated rings. The van der Waals surface area contributed by atoms with Crippen molar-refractivity contribution in [1.82, 2.24) is 4.90 Å². The maximum absolute atomic E-state index is 2.40. The fraction of sp³-hybridized carbons (Fsp3) is 1.00. The van der Waals surface area contributed by atoms with Gasteiger partial charge in [-0.15, -0.1) is 0 Å². The van der Waals surface area contributed by atoms with E-state index in [9.17, 15) is 0 Å². The lowest BCUT2D eigenvalue weighted by Crippen LogP contribution is -2.20. The van der Waals surface area contributed by atoms with Crippen LogP contribution in [-0.4, -0.2) is 25.0 Å². The molecule has 0 bridgehead atoms. The Morgan fingerprint density at radius 3 is 2.09 bits per heavy atom. The van der Waals surface area contributed by atoms with Gasteiger partial charge < -0.3 is 4.90 Å². The molecule has 0 saturated heterocycles. The van der Waals surface area contributed by atoms with Crippen LogP contribution in [0, 0.1) is 11.8 Å². The van der Waals surface area contributed by atoms with Crippen LogP contribution in [0.5, 0.6) is 0 Å². The summed E-state index contributed by atoms with van der Waals surface area (Å²) in [4.78, 5) is 2.40. The summed E-state index contributed by atoms with van der Waals surface area (Å²) >= 11 is 0. The molecule has 1 heteroatoms. The Balaban J connectivity index is 0.000000461. The van der Waals surface area contributed by atoms with E-state index in [1.165, 1.54) is 19.5 Å². The van der Waals surface area contributed by atoms with Crippen molar-refractivity contribution in [2.45, 2.75) is 34.1 Å². The molecule has 0 spiro atoms. The lowest BCUT2D eigenvalue weighted by Gasteiger charge is -2.12. The molecule has 1 aliphatic rings. The summed E-state index contributed by atoms with van der Waals surface area (Å²) in [5.74, 6) is 2.04. The van der Waals surface area contributed by atoms with Crippen molar-refractivity contribution in [2.75, 3.05) is 20.1 Å². The molecule has 0 N–H and O–H groups in total. The normalized spacial score (nSPS) is 27.8. The third kappa shape index (κ3) is 4.41. The summed E-state index contributed by atoms with van der Waals surface area (Å²) in [5.41, 5.74) is 0. The van der Waals surface area contributed by atoms with E-state index in [2.05, 4.69) is 25.8 Å². The van der Waals surface area contributed by atoms with Crippen LogP contribution in [0.3, 0.4) is 0 Å². The SMILES string of the molecule is CC.CCN(C)CC1CC1C. The molecule has 11 heavy (non-hydrogen) atoms.